The van der Waals surface area contributed by atoms with Crippen LogP contribution in [0.15, 0.2) is 24.3 Å². The van der Waals surface area contributed by atoms with Crippen molar-refractivity contribution in [2.45, 2.75) is 26.9 Å². The van der Waals surface area contributed by atoms with Crippen molar-refractivity contribution in [2.75, 3.05) is 0 Å². The molecule has 0 fully saturated rings. The number of hydrogen-bond donors (Lipinski definition) is 0. The van der Waals surface area contributed by atoms with Gasteiger partial charge in [-0.15, -0.1) is 9.24 Å². The second kappa shape index (κ2) is 3.94. The van der Waals surface area contributed by atoms with Gasteiger partial charge >= 0.3 is 0 Å². The molecule has 0 saturated carbocycles. The van der Waals surface area contributed by atoms with Crippen LogP contribution in [-0.4, -0.2) is 0 Å². The van der Waals surface area contributed by atoms with Crippen LogP contribution in [0.2, 0.25) is 0 Å². The quantitative estimate of drug-likeness (QED) is 0.628. The molecule has 15 heavy (non-hydrogen) atoms. The highest BCUT2D eigenvalue weighted by Gasteiger charge is 2.05. The molecule has 0 saturated heterocycles. The zero-order valence-corrected chi connectivity index (χ0v) is 10.7. The minimum absolute atomic E-state index is 1.04. The molecule has 2 aromatic rings. The standard InChI is InChI=1S/C14H17P/c1-9-4-5-12-7-10(2)14(8-15)11(3)13(12)6-9/h4-7H,8,15H2,1-3H3. The van der Waals surface area contributed by atoms with E-state index in [0.717, 1.165) is 6.16 Å². The van der Waals surface area contributed by atoms with Gasteiger partial charge in [-0.05, 0) is 54.4 Å². The summed E-state index contributed by atoms with van der Waals surface area (Å²) >= 11 is 0. The molecule has 0 aliphatic rings. The van der Waals surface area contributed by atoms with Gasteiger partial charge in [0.05, 0.1) is 0 Å². The van der Waals surface area contributed by atoms with E-state index in [1.54, 1.807) is 0 Å². The Morgan fingerprint density at radius 2 is 1.80 bits per heavy atom. The third-order valence-corrected chi connectivity index (χ3v) is 3.53. The van der Waals surface area contributed by atoms with Crippen molar-refractivity contribution >= 4 is 20.0 Å². The lowest BCUT2D eigenvalue weighted by molar-refractivity contribution is 1.27. The molecule has 0 amide bonds. The van der Waals surface area contributed by atoms with Crippen LogP contribution in [0.3, 0.4) is 0 Å². The predicted octanol–water partition coefficient (Wildman–Crippen LogP) is 4.14. The summed E-state index contributed by atoms with van der Waals surface area (Å²) in [6, 6.07) is 8.98. The molecule has 0 aliphatic heterocycles. The lowest BCUT2D eigenvalue weighted by atomic mass is 9.95. The van der Waals surface area contributed by atoms with E-state index < -0.39 is 0 Å². The molecule has 0 N–H and O–H groups in total. The van der Waals surface area contributed by atoms with Gasteiger partial charge in [-0.2, -0.15) is 0 Å². The largest absolute Gasteiger partial charge is 0.133 e. The highest BCUT2D eigenvalue weighted by molar-refractivity contribution is 7.15. The molecule has 2 aromatic carbocycles. The second-order valence-corrected chi connectivity index (χ2v) is 4.63. The minimum Gasteiger partial charge on any atom is -0.133 e. The van der Waals surface area contributed by atoms with Crippen molar-refractivity contribution < 1.29 is 0 Å². The summed E-state index contributed by atoms with van der Waals surface area (Å²) in [4.78, 5) is 0. The second-order valence-electron chi connectivity index (χ2n) is 4.23. The number of aryl methyl sites for hydroxylation is 3. The van der Waals surface area contributed by atoms with E-state index in [4.69, 9.17) is 0 Å². The van der Waals surface area contributed by atoms with Crippen LogP contribution in [0.5, 0.6) is 0 Å². The number of fused-ring (bicyclic) bond motifs is 1. The first-order valence-corrected chi connectivity index (χ1v) is 6.14. The zero-order chi connectivity index (χ0) is 11.0. The fourth-order valence-corrected chi connectivity index (χ4v) is 2.84. The highest BCUT2D eigenvalue weighted by Crippen LogP contribution is 2.27. The summed E-state index contributed by atoms with van der Waals surface area (Å²) < 4.78 is 0. The molecule has 0 spiro atoms. The summed E-state index contributed by atoms with van der Waals surface area (Å²) in [5.41, 5.74) is 5.64. The van der Waals surface area contributed by atoms with Gasteiger partial charge in [0.25, 0.3) is 0 Å². The molecule has 1 heteroatoms. The van der Waals surface area contributed by atoms with Crippen LogP contribution >= 0.6 is 9.24 Å². The number of hydrogen-bond acceptors (Lipinski definition) is 0. The predicted molar refractivity (Wildman–Crippen MR) is 71.6 cm³/mol. The smallest absolute Gasteiger partial charge is 0.0123 e. The number of rotatable bonds is 1. The van der Waals surface area contributed by atoms with Crippen LogP contribution in [0.25, 0.3) is 10.8 Å². The lowest BCUT2D eigenvalue weighted by Crippen LogP contribution is -1.92. The van der Waals surface area contributed by atoms with E-state index in [1.165, 1.54) is 33.0 Å². The van der Waals surface area contributed by atoms with Crippen molar-refractivity contribution in [2.24, 2.45) is 0 Å². The third kappa shape index (κ3) is 1.79. The SMILES string of the molecule is Cc1ccc2cc(C)c(CP)c(C)c2c1. The topological polar surface area (TPSA) is 0 Å². The van der Waals surface area contributed by atoms with E-state index in [-0.39, 0.29) is 0 Å². The Morgan fingerprint density at radius 1 is 1.07 bits per heavy atom. The van der Waals surface area contributed by atoms with Gasteiger partial charge < -0.3 is 0 Å². The first-order valence-electron chi connectivity index (χ1n) is 5.33. The van der Waals surface area contributed by atoms with Crippen LogP contribution in [-0.2, 0) is 6.16 Å². The van der Waals surface area contributed by atoms with E-state index in [0.29, 0.717) is 0 Å². The van der Waals surface area contributed by atoms with Crippen molar-refractivity contribution in [1.82, 2.24) is 0 Å². The summed E-state index contributed by atoms with van der Waals surface area (Å²) in [5, 5.41) is 2.76. The third-order valence-electron chi connectivity index (χ3n) is 3.12. The summed E-state index contributed by atoms with van der Waals surface area (Å²) in [6.45, 7) is 6.58. The summed E-state index contributed by atoms with van der Waals surface area (Å²) in [7, 11) is 2.82. The highest BCUT2D eigenvalue weighted by atomic mass is 31.0. The van der Waals surface area contributed by atoms with Crippen LogP contribution in [0, 0.1) is 20.8 Å². The first-order chi connectivity index (χ1) is 7.13. The van der Waals surface area contributed by atoms with E-state index in [9.17, 15) is 0 Å². The van der Waals surface area contributed by atoms with Crippen molar-refractivity contribution in [3.8, 4) is 0 Å². The molecule has 2 rings (SSSR count). The number of benzene rings is 2. The van der Waals surface area contributed by atoms with Gasteiger partial charge in [0, 0.05) is 0 Å². The lowest BCUT2D eigenvalue weighted by Gasteiger charge is -2.12. The Kier molecular flexibility index (Phi) is 2.80. The fourth-order valence-electron chi connectivity index (χ4n) is 2.21. The van der Waals surface area contributed by atoms with Gasteiger partial charge in [0.2, 0.25) is 0 Å². The van der Waals surface area contributed by atoms with E-state index in [2.05, 4.69) is 54.3 Å². The summed E-state index contributed by atoms with van der Waals surface area (Å²) in [6.07, 6.45) is 1.04. The molecule has 0 nitrogen and oxygen atoms in total. The maximum Gasteiger partial charge on any atom is -0.0123 e. The van der Waals surface area contributed by atoms with Gasteiger partial charge in [-0.1, -0.05) is 29.8 Å². The van der Waals surface area contributed by atoms with Crippen LogP contribution < -0.4 is 0 Å². The molecule has 1 atom stereocenters. The molecule has 0 radical (unpaired) electrons. The molecule has 0 bridgehead atoms. The van der Waals surface area contributed by atoms with Gasteiger partial charge in [0.1, 0.15) is 0 Å². The maximum atomic E-state index is 2.82. The van der Waals surface area contributed by atoms with Crippen molar-refractivity contribution in [3.05, 3.63) is 46.5 Å². The van der Waals surface area contributed by atoms with E-state index in [1.807, 2.05) is 0 Å². The molecule has 0 aliphatic carbocycles. The molecule has 0 aromatic heterocycles. The Balaban J connectivity index is 2.86. The van der Waals surface area contributed by atoms with Crippen molar-refractivity contribution in [3.63, 3.8) is 0 Å². The minimum atomic E-state index is 1.04. The van der Waals surface area contributed by atoms with Crippen LogP contribution in [0.1, 0.15) is 22.3 Å². The van der Waals surface area contributed by atoms with Crippen molar-refractivity contribution in [1.29, 1.82) is 0 Å². The van der Waals surface area contributed by atoms with Gasteiger partial charge in [0.15, 0.2) is 0 Å². The summed E-state index contributed by atoms with van der Waals surface area (Å²) in [5.74, 6) is 0. The maximum absolute atomic E-state index is 2.82. The Morgan fingerprint density at radius 3 is 2.47 bits per heavy atom. The first kappa shape index (κ1) is 10.6. The normalized spacial score (nSPS) is 10.9. The molecular formula is C14H17P. The van der Waals surface area contributed by atoms with E-state index >= 15 is 0 Å². The van der Waals surface area contributed by atoms with Gasteiger partial charge in [-0.25, -0.2) is 0 Å². The molecule has 0 heterocycles. The Labute approximate surface area is 93.9 Å². The molecule has 1 unspecified atom stereocenters. The average molecular weight is 216 g/mol. The van der Waals surface area contributed by atoms with Crippen LogP contribution in [0.4, 0.5) is 0 Å². The Hall–Kier alpha value is -0.870. The van der Waals surface area contributed by atoms with Gasteiger partial charge in [-0.3, -0.25) is 0 Å². The monoisotopic (exact) mass is 216 g/mol. The zero-order valence-electron chi connectivity index (χ0n) is 9.59. The fraction of sp³-hybridized carbons (Fsp3) is 0.286. The Bertz CT molecular complexity index is 512. The molecular weight excluding hydrogens is 199 g/mol. The average Bonchev–Trinajstić information content (AvgIpc) is 2.20. The molecule has 78 valence electrons.